The Balaban J connectivity index is 2.14. The van der Waals surface area contributed by atoms with E-state index in [9.17, 15) is 14.4 Å². The molecule has 132 valence electrons. The minimum absolute atomic E-state index is 0.0575. The van der Waals surface area contributed by atoms with Crippen molar-refractivity contribution in [1.82, 2.24) is 14.5 Å². The summed E-state index contributed by atoms with van der Waals surface area (Å²) in [5.74, 6) is -1.13. The van der Waals surface area contributed by atoms with E-state index in [1.807, 2.05) is 0 Å². The zero-order valence-electron chi connectivity index (χ0n) is 12.8. The maximum absolute atomic E-state index is 12.1. The summed E-state index contributed by atoms with van der Waals surface area (Å²) in [4.78, 5) is 41.5. The molecule has 0 aromatic carbocycles. The first-order valence-electron chi connectivity index (χ1n) is 6.75. The Bertz CT molecular complexity index is 945. The number of hydrogen-bond donors (Lipinski definition) is 4. The molecule has 9 nitrogen and oxygen atoms in total. The van der Waals surface area contributed by atoms with E-state index in [1.54, 1.807) is 6.08 Å². The van der Waals surface area contributed by atoms with E-state index in [0.29, 0.717) is 10.5 Å². The van der Waals surface area contributed by atoms with Crippen LogP contribution in [0, 0.1) is 3.95 Å². The smallest absolute Gasteiger partial charge is 0.268 e. The van der Waals surface area contributed by atoms with Crippen LogP contribution in [0.25, 0.3) is 0 Å². The van der Waals surface area contributed by atoms with Gasteiger partial charge in [0, 0.05) is 12.6 Å². The lowest BCUT2D eigenvalue weighted by Gasteiger charge is -2.06. The molecule has 0 spiro atoms. The predicted molar refractivity (Wildman–Crippen MR) is 100 cm³/mol. The zero-order valence-corrected chi connectivity index (χ0v) is 15.2. The molecule has 2 amide bonds. The van der Waals surface area contributed by atoms with Crippen LogP contribution in [0.1, 0.15) is 10.5 Å². The number of carbonyl (C=O) groups is 2. The largest absolute Gasteiger partial charge is 0.383 e. The highest BCUT2D eigenvalue weighted by molar-refractivity contribution is 7.99. The summed E-state index contributed by atoms with van der Waals surface area (Å²) in [7, 11) is 0. The molecule has 2 heterocycles. The number of carbonyl (C=O) groups excluding carboxylic acids is 2. The number of anilines is 2. The van der Waals surface area contributed by atoms with Gasteiger partial charge < -0.3 is 26.3 Å². The van der Waals surface area contributed by atoms with Crippen LogP contribution in [0.4, 0.5) is 10.8 Å². The van der Waals surface area contributed by atoms with E-state index in [2.05, 4.69) is 21.9 Å². The van der Waals surface area contributed by atoms with Crippen molar-refractivity contribution < 1.29 is 9.59 Å². The number of nitrogen functional groups attached to an aromatic ring is 1. The molecule has 2 rings (SSSR count). The summed E-state index contributed by atoms with van der Waals surface area (Å²) in [6.45, 7) is 3.89. The highest BCUT2D eigenvalue weighted by Crippen LogP contribution is 2.26. The van der Waals surface area contributed by atoms with E-state index in [1.165, 1.54) is 4.57 Å². The number of allylic oxidation sites excluding steroid dienone is 1. The average Bonchev–Trinajstić information content (AvgIpc) is 2.80. The Kier molecular flexibility index (Phi) is 6.12. The number of thioether (sulfide) groups is 1. The number of primary amides is 1. The van der Waals surface area contributed by atoms with Crippen LogP contribution in [-0.2, 0) is 11.3 Å². The third-order valence-electron chi connectivity index (χ3n) is 2.77. The fraction of sp³-hybridized carbons (Fsp3) is 0.154. The molecule has 0 radical (unpaired) electrons. The summed E-state index contributed by atoms with van der Waals surface area (Å²) in [6, 6.07) is 1.14. The second-order valence-electron chi connectivity index (χ2n) is 4.62. The molecule has 0 bridgehead atoms. The van der Waals surface area contributed by atoms with Crippen molar-refractivity contribution >= 4 is 57.9 Å². The Labute approximate surface area is 155 Å². The summed E-state index contributed by atoms with van der Waals surface area (Å²) < 4.78 is 1.88. The van der Waals surface area contributed by atoms with Gasteiger partial charge in [-0.15, -0.1) is 6.58 Å². The van der Waals surface area contributed by atoms with Crippen molar-refractivity contribution in [3.8, 4) is 0 Å². The molecule has 0 fully saturated rings. The number of nitrogens with zero attached hydrogens (tertiary/aromatic N) is 2. The summed E-state index contributed by atoms with van der Waals surface area (Å²) in [5.41, 5.74) is 10.6. The first-order chi connectivity index (χ1) is 11.8. The molecule has 6 N–H and O–H groups in total. The Morgan fingerprint density at radius 2 is 2.28 bits per heavy atom. The SMILES string of the molecule is C=CCn1c(C(N)=O)c(NC(=O)CSc2nc(N)cc(=O)[nH]2)sc1=S. The van der Waals surface area contributed by atoms with Crippen LogP contribution < -0.4 is 22.3 Å². The van der Waals surface area contributed by atoms with E-state index < -0.39 is 17.4 Å². The zero-order chi connectivity index (χ0) is 18.6. The first kappa shape index (κ1) is 18.9. The number of aromatic nitrogens is 3. The van der Waals surface area contributed by atoms with Gasteiger partial charge in [0.05, 0.1) is 5.75 Å². The van der Waals surface area contributed by atoms with Crippen molar-refractivity contribution in [2.24, 2.45) is 5.73 Å². The minimum Gasteiger partial charge on any atom is -0.383 e. The Morgan fingerprint density at radius 1 is 1.56 bits per heavy atom. The van der Waals surface area contributed by atoms with Crippen molar-refractivity contribution in [2.75, 3.05) is 16.8 Å². The van der Waals surface area contributed by atoms with Gasteiger partial charge in [-0.1, -0.05) is 29.2 Å². The first-order valence-corrected chi connectivity index (χ1v) is 8.96. The number of amides is 2. The maximum atomic E-state index is 12.1. The number of aromatic amines is 1. The lowest BCUT2D eigenvalue weighted by atomic mass is 10.4. The van der Waals surface area contributed by atoms with Crippen LogP contribution >= 0.6 is 35.3 Å². The van der Waals surface area contributed by atoms with Crippen LogP contribution in [-0.4, -0.2) is 32.1 Å². The molecule has 0 atom stereocenters. The normalized spacial score (nSPS) is 10.4. The quantitative estimate of drug-likeness (QED) is 0.235. The predicted octanol–water partition coefficient (Wildman–Crippen LogP) is 0.960. The topological polar surface area (TPSA) is 149 Å². The third kappa shape index (κ3) is 4.78. The van der Waals surface area contributed by atoms with Crippen LogP contribution in [0.15, 0.2) is 28.7 Å². The monoisotopic (exact) mass is 398 g/mol. The molecule has 0 saturated heterocycles. The fourth-order valence-electron chi connectivity index (χ4n) is 1.85. The van der Waals surface area contributed by atoms with Gasteiger partial charge in [-0.05, 0) is 12.2 Å². The number of rotatable bonds is 7. The number of nitrogens with two attached hydrogens (primary N) is 2. The van der Waals surface area contributed by atoms with Gasteiger partial charge in [-0.2, -0.15) is 0 Å². The van der Waals surface area contributed by atoms with Crippen LogP contribution in [0.3, 0.4) is 0 Å². The molecular formula is C13H14N6O3S3. The molecule has 0 saturated carbocycles. The van der Waals surface area contributed by atoms with Crippen molar-refractivity contribution in [3.05, 3.63) is 38.7 Å². The molecule has 0 aliphatic rings. The fourth-order valence-corrected chi connectivity index (χ4v) is 3.87. The molecule has 2 aromatic rings. The second kappa shape index (κ2) is 8.09. The van der Waals surface area contributed by atoms with Gasteiger partial charge in [0.25, 0.3) is 11.5 Å². The third-order valence-corrected chi connectivity index (χ3v) is 5.01. The van der Waals surface area contributed by atoms with Gasteiger partial charge in [-0.3, -0.25) is 14.4 Å². The standard InChI is InChI=1S/C13H14N6O3S3/c1-2-3-19-9(10(15)22)11(25-13(19)23)17-8(21)5-24-12-16-6(14)4-7(20)18-12/h2,4H,1,3,5H2,(H2,15,22)(H,17,21)(H3,14,16,18,20). The Morgan fingerprint density at radius 3 is 2.88 bits per heavy atom. The number of H-pyrrole nitrogens is 1. The van der Waals surface area contributed by atoms with Gasteiger partial charge >= 0.3 is 0 Å². The molecule has 2 aromatic heterocycles. The maximum Gasteiger partial charge on any atom is 0.268 e. The van der Waals surface area contributed by atoms with Crippen molar-refractivity contribution in [1.29, 1.82) is 0 Å². The summed E-state index contributed by atoms with van der Waals surface area (Å²) in [5, 5.41) is 3.07. The molecule has 0 unspecified atom stereocenters. The van der Waals surface area contributed by atoms with Crippen LogP contribution in [0.2, 0.25) is 0 Å². The van der Waals surface area contributed by atoms with Gasteiger partial charge in [0.1, 0.15) is 16.5 Å². The molecule has 0 aliphatic carbocycles. The van der Waals surface area contributed by atoms with Crippen LogP contribution in [0.5, 0.6) is 0 Å². The summed E-state index contributed by atoms with van der Waals surface area (Å²) >= 11 is 7.22. The molecule has 25 heavy (non-hydrogen) atoms. The van der Waals surface area contributed by atoms with E-state index in [0.717, 1.165) is 29.2 Å². The van der Waals surface area contributed by atoms with Gasteiger partial charge in [-0.25, -0.2) is 4.98 Å². The van der Waals surface area contributed by atoms with Crippen molar-refractivity contribution in [2.45, 2.75) is 11.7 Å². The minimum atomic E-state index is -0.709. The van der Waals surface area contributed by atoms with Gasteiger partial charge in [0.2, 0.25) is 5.91 Å². The lowest BCUT2D eigenvalue weighted by molar-refractivity contribution is -0.113. The molecule has 0 aliphatic heterocycles. The number of thiazole rings is 1. The highest BCUT2D eigenvalue weighted by Gasteiger charge is 2.19. The van der Waals surface area contributed by atoms with E-state index >= 15 is 0 Å². The van der Waals surface area contributed by atoms with E-state index in [-0.39, 0.29) is 27.4 Å². The second-order valence-corrected chi connectivity index (χ2v) is 7.23. The molecule has 12 heteroatoms. The lowest BCUT2D eigenvalue weighted by Crippen LogP contribution is -2.21. The van der Waals surface area contributed by atoms with Gasteiger partial charge in [0.15, 0.2) is 9.11 Å². The Hall–Kier alpha value is -2.44. The molecular weight excluding hydrogens is 384 g/mol. The number of nitrogens with one attached hydrogen (secondary N) is 2. The highest BCUT2D eigenvalue weighted by atomic mass is 32.2. The summed E-state index contributed by atoms with van der Waals surface area (Å²) in [6.07, 6.45) is 1.57. The number of hydrogen-bond acceptors (Lipinski definition) is 8. The van der Waals surface area contributed by atoms with Crippen molar-refractivity contribution in [3.63, 3.8) is 0 Å². The average molecular weight is 398 g/mol. The van der Waals surface area contributed by atoms with E-state index in [4.69, 9.17) is 23.7 Å².